The van der Waals surface area contributed by atoms with Crippen molar-refractivity contribution < 1.29 is 9.53 Å². The zero-order valence-corrected chi connectivity index (χ0v) is 22.1. The van der Waals surface area contributed by atoms with Gasteiger partial charge in [-0.2, -0.15) is 4.98 Å². The number of rotatable bonds is 6. The number of hydrogen-bond acceptors (Lipinski definition) is 6. The summed E-state index contributed by atoms with van der Waals surface area (Å²) in [7, 11) is 0. The summed E-state index contributed by atoms with van der Waals surface area (Å²) in [5.74, 6) is 2.40. The molecule has 3 aromatic rings. The first-order valence-electron chi connectivity index (χ1n) is 11.5. The minimum atomic E-state index is -0.330. The number of benzene rings is 2. The number of hydrogen-bond donors (Lipinski definition) is 1. The summed E-state index contributed by atoms with van der Waals surface area (Å²) < 4.78 is 7.80. The normalized spacial score (nSPS) is 18.7. The molecule has 2 aromatic carbocycles. The first-order chi connectivity index (χ1) is 16.7. The number of thioether (sulfide) groups is 1. The second kappa shape index (κ2) is 9.52. The highest BCUT2D eigenvalue weighted by Gasteiger charge is 2.41. The van der Waals surface area contributed by atoms with Gasteiger partial charge in [0, 0.05) is 33.3 Å². The van der Waals surface area contributed by atoms with Gasteiger partial charge in [-0.15, -0.1) is 5.10 Å². The standard InChI is InChI=1S/C26H26Cl2N4O2S/c1-4-35-25-30-24-29-20-12-26(2,3)13-21(33)22(20)23(32(24)31-25)15-6-9-18(10-7-15)34-14-16-5-8-17(27)11-19(16)28/h5-11,23H,4,12-14H2,1-3H3,(H,29,30,31). The van der Waals surface area contributed by atoms with Crippen LogP contribution in [0.2, 0.25) is 10.0 Å². The predicted molar refractivity (Wildman–Crippen MR) is 140 cm³/mol. The van der Waals surface area contributed by atoms with Gasteiger partial charge in [-0.25, -0.2) is 4.68 Å². The molecule has 9 heteroatoms. The maximum absolute atomic E-state index is 13.3. The molecule has 2 heterocycles. The van der Waals surface area contributed by atoms with E-state index in [1.807, 2.05) is 35.0 Å². The van der Waals surface area contributed by atoms with Crippen LogP contribution in [0.1, 0.15) is 50.8 Å². The summed E-state index contributed by atoms with van der Waals surface area (Å²) in [4.78, 5) is 18.0. The summed E-state index contributed by atoms with van der Waals surface area (Å²) in [6.07, 6.45) is 1.30. The van der Waals surface area contributed by atoms with Crippen LogP contribution in [0.5, 0.6) is 5.75 Å². The molecule has 1 unspecified atom stereocenters. The SMILES string of the molecule is CCSc1nc2n(n1)C(c1ccc(OCc3ccc(Cl)cc3Cl)cc1)C1=C(CC(C)(C)CC1=O)N2. The molecular formula is C26H26Cl2N4O2S. The van der Waals surface area contributed by atoms with Gasteiger partial charge in [-0.3, -0.25) is 4.79 Å². The van der Waals surface area contributed by atoms with Gasteiger partial charge in [-0.05, 0) is 47.4 Å². The third kappa shape index (κ3) is 4.95. The second-order valence-corrected chi connectivity index (χ2v) is 11.6. The van der Waals surface area contributed by atoms with Gasteiger partial charge in [0.2, 0.25) is 11.1 Å². The van der Waals surface area contributed by atoms with Gasteiger partial charge in [0.25, 0.3) is 0 Å². The highest BCUT2D eigenvalue weighted by molar-refractivity contribution is 7.99. The lowest BCUT2D eigenvalue weighted by molar-refractivity contribution is -0.118. The van der Waals surface area contributed by atoms with Crippen molar-refractivity contribution in [1.82, 2.24) is 14.8 Å². The Kier molecular flexibility index (Phi) is 6.59. The lowest BCUT2D eigenvalue weighted by Gasteiger charge is -2.38. The third-order valence-corrected chi connectivity index (χ3v) is 7.50. The van der Waals surface area contributed by atoms with Crippen LogP contribution in [0, 0.1) is 5.41 Å². The third-order valence-electron chi connectivity index (χ3n) is 6.19. The Morgan fingerprint density at radius 2 is 1.94 bits per heavy atom. The van der Waals surface area contributed by atoms with Crippen LogP contribution < -0.4 is 10.1 Å². The van der Waals surface area contributed by atoms with Crippen molar-refractivity contribution in [1.29, 1.82) is 0 Å². The Balaban J connectivity index is 1.46. The largest absolute Gasteiger partial charge is 0.489 e. The summed E-state index contributed by atoms with van der Waals surface area (Å²) in [6, 6.07) is 12.8. The van der Waals surface area contributed by atoms with E-state index in [1.54, 1.807) is 23.9 Å². The lowest BCUT2D eigenvalue weighted by atomic mass is 9.73. The molecule has 1 aliphatic carbocycles. The maximum atomic E-state index is 13.3. The Morgan fingerprint density at radius 3 is 2.66 bits per heavy atom. The van der Waals surface area contributed by atoms with Crippen LogP contribution in [-0.2, 0) is 11.4 Å². The summed E-state index contributed by atoms with van der Waals surface area (Å²) in [6.45, 7) is 6.65. The summed E-state index contributed by atoms with van der Waals surface area (Å²) >= 11 is 13.8. The van der Waals surface area contributed by atoms with Gasteiger partial charge < -0.3 is 10.1 Å². The number of Topliss-reactive ketones (excluding diaryl/α,β-unsaturated/α-hetero) is 1. The number of carbonyl (C=O) groups excluding carboxylic acids is 1. The number of aromatic nitrogens is 3. The molecule has 1 aliphatic heterocycles. The molecule has 5 rings (SSSR count). The van der Waals surface area contributed by atoms with Crippen LogP contribution in [0.4, 0.5) is 5.95 Å². The highest BCUT2D eigenvalue weighted by atomic mass is 35.5. The minimum Gasteiger partial charge on any atom is -0.489 e. The average Bonchev–Trinajstić information content (AvgIpc) is 3.19. The molecule has 2 aliphatic rings. The molecule has 182 valence electrons. The van der Waals surface area contributed by atoms with Crippen molar-refractivity contribution in [2.75, 3.05) is 11.1 Å². The van der Waals surface area contributed by atoms with Crippen LogP contribution >= 0.6 is 35.0 Å². The molecule has 1 atom stereocenters. The van der Waals surface area contributed by atoms with E-state index in [1.165, 1.54) is 0 Å². The van der Waals surface area contributed by atoms with E-state index in [0.717, 1.165) is 34.6 Å². The van der Waals surface area contributed by atoms with Gasteiger partial charge in [0.1, 0.15) is 18.4 Å². The van der Waals surface area contributed by atoms with E-state index in [-0.39, 0.29) is 17.2 Å². The maximum Gasteiger partial charge on any atom is 0.227 e. The molecule has 6 nitrogen and oxygen atoms in total. The lowest BCUT2D eigenvalue weighted by Crippen LogP contribution is -2.36. The Bertz CT molecular complexity index is 1320. The molecule has 35 heavy (non-hydrogen) atoms. The number of allylic oxidation sites excluding steroid dienone is 2. The Morgan fingerprint density at radius 1 is 1.17 bits per heavy atom. The summed E-state index contributed by atoms with van der Waals surface area (Å²) in [5, 5.41) is 10.0. The zero-order chi connectivity index (χ0) is 24.7. The molecule has 0 bridgehead atoms. The number of ketones is 1. The minimum absolute atomic E-state index is 0.0999. The molecule has 1 N–H and O–H groups in total. The fraction of sp³-hybridized carbons (Fsp3) is 0.346. The molecule has 0 saturated heterocycles. The zero-order valence-electron chi connectivity index (χ0n) is 19.8. The van der Waals surface area contributed by atoms with Crippen LogP contribution in [0.15, 0.2) is 58.9 Å². The van der Waals surface area contributed by atoms with E-state index < -0.39 is 0 Å². The van der Waals surface area contributed by atoms with Crippen LogP contribution in [0.3, 0.4) is 0 Å². The second-order valence-electron chi connectivity index (χ2n) is 9.55. The van der Waals surface area contributed by atoms with Crippen molar-refractivity contribution in [3.8, 4) is 5.75 Å². The number of anilines is 1. The number of fused-ring (bicyclic) bond motifs is 1. The Labute approximate surface area is 219 Å². The molecule has 0 spiro atoms. The summed E-state index contributed by atoms with van der Waals surface area (Å²) in [5.41, 5.74) is 3.44. The molecule has 0 amide bonds. The fourth-order valence-electron chi connectivity index (χ4n) is 4.63. The molecule has 1 aromatic heterocycles. The van der Waals surface area contributed by atoms with Crippen molar-refractivity contribution >= 4 is 46.7 Å². The van der Waals surface area contributed by atoms with Crippen molar-refractivity contribution in [3.05, 3.63) is 74.9 Å². The van der Waals surface area contributed by atoms with Gasteiger partial charge >= 0.3 is 0 Å². The van der Waals surface area contributed by atoms with Gasteiger partial charge in [0.15, 0.2) is 5.78 Å². The van der Waals surface area contributed by atoms with E-state index in [4.69, 9.17) is 33.0 Å². The van der Waals surface area contributed by atoms with E-state index in [9.17, 15) is 4.79 Å². The Hall–Kier alpha value is -2.48. The van der Waals surface area contributed by atoms with Crippen molar-refractivity contribution in [2.24, 2.45) is 5.41 Å². The highest BCUT2D eigenvalue weighted by Crippen LogP contribution is 2.45. The predicted octanol–water partition coefficient (Wildman–Crippen LogP) is 6.93. The monoisotopic (exact) mass is 528 g/mol. The average molecular weight is 529 g/mol. The molecular weight excluding hydrogens is 503 g/mol. The number of halogens is 2. The number of ether oxygens (including phenoxy) is 1. The molecule has 0 fully saturated rings. The van der Waals surface area contributed by atoms with Crippen molar-refractivity contribution in [3.63, 3.8) is 0 Å². The first kappa shape index (κ1) is 24.2. The smallest absolute Gasteiger partial charge is 0.227 e. The van der Waals surface area contributed by atoms with Crippen LogP contribution in [0.25, 0.3) is 0 Å². The first-order valence-corrected chi connectivity index (χ1v) is 13.3. The molecule has 0 radical (unpaired) electrons. The van der Waals surface area contributed by atoms with E-state index in [2.05, 4.69) is 31.1 Å². The molecule has 0 saturated carbocycles. The van der Waals surface area contributed by atoms with Crippen LogP contribution in [-0.4, -0.2) is 26.3 Å². The van der Waals surface area contributed by atoms with E-state index >= 15 is 0 Å². The quantitative estimate of drug-likeness (QED) is 0.349. The number of nitrogens with zero attached hydrogens (tertiary/aromatic N) is 3. The van der Waals surface area contributed by atoms with Gasteiger partial charge in [0.05, 0.1) is 0 Å². The van der Waals surface area contributed by atoms with Gasteiger partial charge in [-0.1, -0.05) is 73.9 Å². The number of nitrogens with one attached hydrogen (secondary N) is 1. The number of carbonyl (C=O) groups is 1. The van der Waals surface area contributed by atoms with E-state index in [0.29, 0.717) is 39.9 Å². The van der Waals surface area contributed by atoms with Crippen molar-refractivity contribution in [2.45, 2.75) is 51.4 Å². The topological polar surface area (TPSA) is 69.0 Å². The fourth-order valence-corrected chi connectivity index (χ4v) is 5.65.